The molecule has 0 spiro atoms. The normalized spacial score (nSPS) is 13.8. The number of rotatable bonds is 18. The van der Waals surface area contributed by atoms with Gasteiger partial charge in [0, 0.05) is 24.8 Å². The topological polar surface area (TPSA) is 197 Å². The van der Waals surface area contributed by atoms with Crippen LogP contribution in [0, 0.1) is 5.92 Å². The van der Waals surface area contributed by atoms with Gasteiger partial charge in [0.25, 0.3) is 0 Å². The molecule has 0 aliphatic carbocycles. The van der Waals surface area contributed by atoms with E-state index < -0.39 is 53.0 Å². The van der Waals surface area contributed by atoms with E-state index in [1.165, 1.54) is 13.8 Å². The predicted octanol–water partition coefficient (Wildman–Crippen LogP) is 2.09. The highest BCUT2D eigenvalue weighted by molar-refractivity contribution is 8.00. The number of amides is 5. The van der Waals surface area contributed by atoms with Gasteiger partial charge in [-0.25, -0.2) is 0 Å². The molecule has 0 radical (unpaired) electrons. The molecule has 13 heteroatoms. The highest BCUT2D eigenvalue weighted by Crippen LogP contribution is 2.29. The molecule has 0 fully saturated rings. The molecule has 0 saturated carbocycles. The molecule has 4 atom stereocenters. The number of carboxylic acid groups (broad SMARTS) is 1. The zero-order chi connectivity index (χ0) is 32.8. The molecule has 0 bridgehead atoms. The number of hydrogen-bond donors (Lipinski definition) is 6. The molecule has 2 aromatic rings. The second kappa shape index (κ2) is 17.9. The van der Waals surface area contributed by atoms with E-state index in [0.717, 1.165) is 27.4 Å². The smallest absolute Gasteiger partial charge is 0.317 e. The van der Waals surface area contributed by atoms with Gasteiger partial charge >= 0.3 is 5.97 Å². The summed E-state index contributed by atoms with van der Waals surface area (Å²) < 4.78 is 0. The quantitative estimate of drug-likeness (QED) is 0.106. The summed E-state index contributed by atoms with van der Waals surface area (Å²) in [5.74, 6) is -3.67. The monoisotopic (exact) mass is 629 g/mol. The first-order valence-corrected chi connectivity index (χ1v) is 15.5. The molecule has 0 saturated heterocycles. The van der Waals surface area contributed by atoms with E-state index >= 15 is 0 Å². The minimum atomic E-state index is -1.09. The standard InChI is InChI=1S/C31H43N5O7S/c1-18(2)15-25(35-20(4)37)30(41)36-24(29(40)34-19(3)28(32)39)11-7-8-14-33-27(38)17-26(31(42)43)44-23-13-12-21-9-5-6-10-22(21)16-23/h5-6,9-10,12-13,16,18-19,24-26H,7-8,11,14-15,17H2,1-4H3,(H2,32,39)(H,33,38)(H,34,40)(H,35,37)(H,36,41)(H,42,43)/t19-,24-,25-,26?/m0/s1. The number of aliphatic carboxylic acids is 1. The molecular weight excluding hydrogens is 586 g/mol. The van der Waals surface area contributed by atoms with Gasteiger partial charge in [-0.3, -0.25) is 28.8 Å². The molecule has 1 unspecified atom stereocenters. The molecule has 0 aliphatic rings. The van der Waals surface area contributed by atoms with E-state index in [2.05, 4.69) is 21.3 Å². The summed E-state index contributed by atoms with van der Waals surface area (Å²) in [7, 11) is 0. The Labute approximate surface area is 261 Å². The maximum atomic E-state index is 13.0. The van der Waals surface area contributed by atoms with Crippen molar-refractivity contribution >= 4 is 58.0 Å². The van der Waals surface area contributed by atoms with Crippen LogP contribution >= 0.6 is 11.8 Å². The molecular formula is C31H43N5O7S. The van der Waals surface area contributed by atoms with Crippen LogP contribution in [0.5, 0.6) is 0 Å². The first-order valence-electron chi connectivity index (χ1n) is 14.6. The molecule has 0 heterocycles. The number of fused-ring (bicyclic) bond motifs is 1. The number of carboxylic acids is 1. The average Bonchev–Trinajstić information content (AvgIpc) is 2.94. The maximum absolute atomic E-state index is 13.0. The van der Waals surface area contributed by atoms with Crippen molar-refractivity contribution in [2.45, 2.75) is 88.1 Å². The first-order chi connectivity index (χ1) is 20.8. The van der Waals surface area contributed by atoms with Crippen molar-refractivity contribution in [1.82, 2.24) is 21.3 Å². The van der Waals surface area contributed by atoms with Crippen LogP contribution in [0.4, 0.5) is 0 Å². The number of hydrogen-bond acceptors (Lipinski definition) is 7. The summed E-state index contributed by atoms with van der Waals surface area (Å²) in [4.78, 5) is 74.1. The number of nitrogens with two attached hydrogens (primary N) is 1. The van der Waals surface area contributed by atoms with Crippen LogP contribution < -0.4 is 27.0 Å². The molecule has 0 aromatic heterocycles. The summed E-state index contributed by atoms with van der Waals surface area (Å²) in [6.07, 6.45) is 1.17. The number of carbonyl (C=O) groups excluding carboxylic acids is 5. The van der Waals surface area contributed by atoms with Gasteiger partial charge in [-0.05, 0) is 61.4 Å². The van der Waals surface area contributed by atoms with Gasteiger partial charge in [-0.15, -0.1) is 11.8 Å². The molecule has 12 nitrogen and oxygen atoms in total. The van der Waals surface area contributed by atoms with Crippen LogP contribution in [0.15, 0.2) is 47.4 Å². The second-order valence-corrected chi connectivity index (χ2v) is 12.4. The largest absolute Gasteiger partial charge is 0.480 e. The zero-order valence-corrected chi connectivity index (χ0v) is 26.4. The molecule has 2 aromatic carbocycles. The third-order valence-electron chi connectivity index (χ3n) is 6.71. The van der Waals surface area contributed by atoms with Gasteiger partial charge in [-0.2, -0.15) is 0 Å². The first kappa shape index (κ1) is 36.1. The second-order valence-electron chi connectivity index (χ2n) is 11.1. The number of primary amides is 1. The molecule has 240 valence electrons. The Balaban J connectivity index is 1.93. The lowest BCUT2D eigenvalue weighted by molar-refractivity contribution is -0.138. The van der Waals surface area contributed by atoms with Crippen LogP contribution in [0.25, 0.3) is 10.8 Å². The number of unbranched alkanes of at least 4 members (excludes halogenated alkanes) is 1. The van der Waals surface area contributed by atoms with Crippen LogP contribution in [-0.4, -0.2) is 70.5 Å². The van der Waals surface area contributed by atoms with E-state index in [9.17, 15) is 33.9 Å². The Morgan fingerprint density at radius 3 is 2.14 bits per heavy atom. The van der Waals surface area contributed by atoms with Gasteiger partial charge in [0.15, 0.2) is 0 Å². The van der Waals surface area contributed by atoms with Crippen LogP contribution in [0.2, 0.25) is 0 Å². The van der Waals surface area contributed by atoms with E-state index in [1.54, 1.807) is 0 Å². The third kappa shape index (κ3) is 12.6. The maximum Gasteiger partial charge on any atom is 0.317 e. The van der Waals surface area contributed by atoms with Gasteiger partial charge in [0.2, 0.25) is 29.5 Å². The zero-order valence-electron chi connectivity index (χ0n) is 25.6. The van der Waals surface area contributed by atoms with E-state index in [-0.39, 0.29) is 31.2 Å². The lowest BCUT2D eigenvalue weighted by Gasteiger charge is -2.24. The van der Waals surface area contributed by atoms with Crippen molar-refractivity contribution < 1.29 is 33.9 Å². The van der Waals surface area contributed by atoms with Crippen molar-refractivity contribution in [2.75, 3.05) is 6.54 Å². The lowest BCUT2D eigenvalue weighted by atomic mass is 10.0. The van der Waals surface area contributed by atoms with Gasteiger partial charge in [0.1, 0.15) is 23.4 Å². The van der Waals surface area contributed by atoms with Crippen LogP contribution in [0.3, 0.4) is 0 Å². The van der Waals surface area contributed by atoms with Crippen LogP contribution in [-0.2, 0) is 28.8 Å². The Kier molecular flexibility index (Phi) is 14.6. The highest BCUT2D eigenvalue weighted by Gasteiger charge is 2.28. The molecule has 44 heavy (non-hydrogen) atoms. The molecule has 7 N–H and O–H groups in total. The minimum absolute atomic E-state index is 0.0927. The van der Waals surface area contributed by atoms with Crippen molar-refractivity contribution in [3.05, 3.63) is 42.5 Å². The fourth-order valence-electron chi connectivity index (χ4n) is 4.40. The van der Waals surface area contributed by atoms with Crippen molar-refractivity contribution in [2.24, 2.45) is 11.7 Å². The van der Waals surface area contributed by atoms with E-state index in [4.69, 9.17) is 5.73 Å². The number of thioether (sulfide) groups is 1. The summed E-state index contributed by atoms with van der Waals surface area (Å²) in [6.45, 7) is 6.75. The minimum Gasteiger partial charge on any atom is -0.480 e. The summed E-state index contributed by atoms with van der Waals surface area (Å²) in [5.41, 5.74) is 5.26. The number of benzene rings is 2. The van der Waals surface area contributed by atoms with Crippen LogP contribution in [0.1, 0.15) is 59.8 Å². The van der Waals surface area contributed by atoms with E-state index in [1.807, 2.05) is 56.3 Å². The van der Waals surface area contributed by atoms with Crippen molar-refractivity contribution in [3.8, 4) is 0 Å². The fourth-order valence-corrected chi connectivity index (χ4v) is 5.41. The van der Waals surface area contributed by atoms with Gasteiger partial charge in [0.05, 0.1) is 0 Å². The molecule has 2 rings (SSSR count). The lowest BCUT2D eigenvalue weighted by Crippen LogP contribution is -2.55. The van der Waals surface area contributed by atoms with Gasteiger partial charge < -0.3 is 32.1 Å². The van der Waals surface area contributed by atoms with Crippen molar-refractivity contribution in [3.63, 3.8) is 0 Å². The summed E-state index contributed by atoms with van der Waals surface area (Å²) >= 11 is 1.11. The number of nitrogens with one attached hydrogen (secondary N) is 4. The Bertz CT molecular complexity index is 1340. The fraction of sp³-hybridized carbons (Fsp3) is 0.484. The summed E-state index contributed by atoms with van der Waals surface area (Å²) in [6, 6.07) is 10.5. The average molecular weight is 630 g/mol. The molecule has 0 aliphatic heterocycles. The Hall–Kier alpha value is -4.13. The van der Waals surface area contributed by atoms with E-state index in [0.29, 0.717) is 19.3 Å². The SMILES string of the molecule is CC(=O)N[C@@H](CC(C)C)C(=O)N[C@@H](CCCCNC(=O)CC(Sc1ccc2ccccc2c1)C(=O)O)C(=O)N[C@@H](C)C(N)=O. The third-order valence-corrected chi connectivity index (χ3v) is 7.89. The Morgan fingerprint density at radius 1 is 0.864 bits per heavy atom. The highest BCUT2D eigenvalue weighted by atomic mass is 32.2. The predicted molar refractivity (Wildman–Crippen MR) is 168 cm³/mol. The van der Waals surface area contributed by atoms with Gasteiger partial charge in [-0.1, -0.05) is 44.2 Å². The van der Waals surface area contributed by atoms with Crippen molar-refractivity contribution in [1.29, 1.82) is 0 Å². The summed E-state index contributed by atoms with van der Waals surface area (Å²) in [5, 5.41) is 21.2. The Morgan fingerprint density at radius 2 is 1.52 bits per heavy atom. The molecule has 5 amide bonds. The number of carbonyl (C=O) groups is 6.